The van der Waals surface area contributed by atoms with E-state index in [0.717, 1.165) is 37.2 Å². The monoisotopic (exact) mass is 808 g/mol. The number of aliphatic imine (C=N–C) groups is 1. The minimum absolute atomic E-state index is 0.0141. The summed E-state index contributed by atoms with van der Waals surface area (Å²) in [5.41, 5.74) is 7.13. The Balaban J connectivity index is 0.898. The van der Waals surface area contributed by atoms with Gasteiger partial charge in [-0.05, 0) is 63.1 Å². The van der Waals surface area contributed by atoms with Crippen LogP contribution in [0.3, 0.4) is 0 Å². The highest BCUT2D eigenvalue weighted by Crippen LogP contribution is 2.39. The molecule has 2 atom stereocenters. The average molecular weight is 809 g/mol. The second-order valence-electron chi connectivity index (χ2n) is 14.1. The minimum atomic E-state index is -1.09. The standard InChI is InChI=1S/C39H37ClN10O6S/c1-20-21(2)57-39-32(20)34(23-7-9-24(40)10-8-23)42-27(35-45-44-22(3)49(35)39)11-13-30(52)46-48-17-15-47(16-18-48)31(53)19-41-26-6-4-5-25-33(26)38(56)50(37(25)55)28-12-14-29(51)43-36(28)54/h4-11,13,27-28,41H,12,14-19H2,1-3H3,(H,46,52)(H,43,51,54)/b13-11+/t27-,28?/m0/s1. The maximum atomic E-state index is 13.4. The number of fused-ring (bicyclic) bond motifs is 4. The van der Waals surface area contributed by atoms with Crippen molar-refractivity contribution in [2.75, 3.05) is 38.0 Å². The molecular formula is C39H37ClN10O6S. The molecule has 0 aliphatic carbocycles. The van der Waals surface area contributed by atoms with Gasteiger partial charge in [-0.15, -0.1) is 21.5 Å². The molecule has 1 unspecified atom stereocenters. The number of hydrogen-bond acceptors (Lipinski definition) is 12. The Morgan fingerprint density at radius 1 is 0.965 bits per heavy atom. The normalized spacial score (nSPS) is 19.5. The lowest BCUT2D eigenvalue weighted by Gasteiger charge is -2.34. The van der Waals surface area contributed by atoms with Gasteiger partial charge >= 0.3 is 0 Å². The lowest BCUT2D eigenvalue weighted by molar-refractivity contribution is -0.136. The number of amides is 6. The van der Waals surface area contributed by atoms with Gasteiger partial charge in [-0.3, -0.25) is 54.0 Å². The quantitative estimate of drug-likeness (QED) is 0.176. The van der Waals surface area contributed by atoms with Crippen molar-refractivity contribution in [2.24, 2.45) is 4.99 Å². The van der Waals surface area contributed by atoms with Gasteiger partial charge < -0.3 is 10.2 Å². The predicted molar refractivity (Wildman–Crippen MR) is 210 cm³/mol. The topological polar surface area (TPSA) is 191 Å². The number of hydrogen-bond donors (Lipinski definition) is 3. The molecule has 18 heteroatoms. The number of imide groups is 2. The van der Waals surface area contributed by atoms with E-state index in [1.54, 1.807) is 39.5 Å². The number of piperidine rings is 1. The van der Waals surface area contributed by atoms with E-state index < -0.39 is 35.7 Å². The number of nitrogens with one attached hydrogen (secondary N) is 3. The van der Waals surface area contributed by atoms with Crippen LogP contribution in [0, 0.1) is 20.8 Å². The van der Waals surface area contributed by atoms with Crippen LogP contribution in [0.4, 0.5) is 5.69 Å². The molecular weight excluding hydrogens is 772 g/mol. The van der Waals surface area contributed by atoms with E-state index in [9.17, 15) is 28.8 Å². The van der Waals surface area contributed by atoms with Crippen LogP contribution < -0.4 is 16.1 Å². The number of thiophene rings is 1. The molecule has 6 heterocycles. The highest BCUT2D eigenvalue weighted by atomic mass is 35.5. The molecule has 2 saturated heterocycles. The number of halogens is 1. The summed E-state index contributed by atoms with van der Waals surface area (Å²) in [6, 6.07) is 10.5. The molecule has 4 aromatic rings. The second kappa shape index (κ2) is 15.1. The molecule has 292 valence electrons. The highest BCUT2D eigenvalue weighted by Gasteiger charge is 2.45. The fourth-order valence-corrected chi connectivity index (χ4v) is 8.81. The number of benzene rings is 2. The van der Waals surface area contributed by atoms with Crippen LogP contribution in [0.5, 0.6) is 0 Å². The predicted octanol–water partition coefficient (Wildman–Crippen LogP) is 3.04. The molecule has 4 aliphatic heterocycles. The zero-order valence-corrected chi connectivity index (χ0v) is 32.7. The molecule has 4 aliphatic rings. The number of carbonyl (C=O) groups excluding carboxylic acids is 6. The minimum Gasteiger partial charge on any atom is -0.375 e. The van der Waals surface area contributed by atoms with Gasteiger partial charge in [-0.1, -0.05) is 29.8 Å². The van der Waals surface area contributed by atoms with Gasteiger partial charge in [0.05, 0.1) is 23.4 Å². The third kappa shape index (κ3) is 7.02. The van der Waals surface area contributed by atoms with Crippen LogP contribution in [-0.2, 0) is 19.2 Å². The van der Waals surface area contributed by atoms with Gasteiger partial charge in [0.25, 0.3) is 17.7 Å². The van der Waals surface area contributed by atoms with Gasteiger partial charge in [0.15, 0.2) is 5.82 Å². The number of hydrazine groups is 1. The van der Waals surface area contributed by atoms with Gasteiger partial charge in [-0.25, -0.2) is 5.01 Å². The second-order valence-corrected chi connectivity index (χ2v) is 15.7. The van der Waals surface area contributed by atoms with Gasteiger partial charge in [0.1, 0.15) is 22.9 Å². The third-order valence-corrected chi connectivity index (χ3v) is 12.0. The van der Waals surface area contributed by atoms with Crippen LogP contribution >= 0.6 is 22.9 Å². The molecule has 6 amide bonds. The zero-order chi connectivity index (χ0) is 40.1. The molecule has 2 fully saturated rings. The molecule has 0 bridgehead atoms. The summed E-state index contributed by atoms with van der Waals surface area (Å²) >= 11 is 7.87. The summed E-state index contributed by atoms with van der Waals surface area (Å²) in [5.74, 6) is -1.75. The number of rotatable bonds is 8. The number of aryl methyl sites for hydroxylation is 2. The van der Waals surface area contributed by atoms with Crippen molar-refractivity contribution in [2.45, 2.75) is 45.7 Å². The Morgan fingerprint density at radius 2 is 1.72 bits per heavy atom. The first-order valence-corrected chi connectivity index (χ1v) is 19.6. The number of piperazine rings is 1. The Morgan fingerprint density at radius 3 is 2.46 bits per heavy atom. The maximum Gasteiger partial charge on any atom is 0.264 e. The molecule has 0 saturated carbocycles. The molecule has 8 rings (SSSR count). The first-order chi connectivity index (χ1) is 27.4. The van der Waals surface area contributed by atoms with E-state index in [0.29, 0.717) is 48.5 Å². The Hall–Kier alpha value is -6.04. The fourth-order valence-electron chi connectivity index (χ4n) is 7.47. The van der Waals surface area contributed by atoms with Crippen molar-refractivity contribution in [1.82, 2.24) is 40.3 Å². The molecule has 16 nitrogen and oxygen atoms in total. The van der Waals surface area contributed by atoms with E-state index in [-0.39, 0.29) is 42.3 Å². The summed E-state index contributed by atoms with van der Waals surface area (Å²) in [5, 5.41) is 17.3. The van der Waals surface area contributed by atoms with Gasteiger partial charge in [0.2, 0.25) is 17.7 Å². The Kier molecular flexibility index (Phi) is 10.1. The number of aromatic nitrogens is 3. The first kappa shape index (κ1) is 37.9. The molecule has 57 heavy (non-hydrogen) atoms. The fraction of sp³-hybridized carbons (Fsp3) is 0.308. The number of anilines is 1. The van der Waals surface area contributed by atoms with E-state index in [2.05, 4.69) is 40.1 Å². The Bertz CT molecular complexity index is 2430. The summed E-state index contributed by atoms with van der Waals surface area (Å²) in [6.45, 7) is 7.29. The van der Waals surface area contributed by atoms with Crippen LogP contribution in [0.1, 0.15) is 72.8 Å². The molecule has 2 aromatic heterocycles. The van der Waals surface area contributed by atoms with E-state index >= 15 is 0 Å². The highest BCUT2D eigenvalue weighted by molar-refractivity contribution is 7.15. The summed E-state index contributed by atoms with van der Waals surface area (Å²) < 4.78 is 2.00. The largest absolute Gasteiger partial charge is 0.375 e. The van der Waals surface area contributed by atoms with Crippen LogP contribution in [0.2, 0.25) is 5.02 Å². The average Bonchev–Trinajstić information content (AvgIpc) is 3.77. The smallest absolute Gasteiger partial charge is 0.264 e. The van der Waals surface area contributed by atoms with Crippen molar-refractivity contribution >= 4 is 69.8 Å². The van der Waals surface area contributed by atoms with Crippen LogP contribution in [0.25, 0.3) is 5.00 Å². The van der Waals surface area contributed by atoms with E-state index in [1.807, 2.05) is 35.8 Å². The van der Waals surface area contributed by atoms with E-state index in [4.69, 9.17) is 16.6 Å². The van der Waals surface area contributed by atoms with Crippen molar-refractivity contribution in [3.8, 4) is 5.00 Å². The van der Waals surface area contributed by atoms with Gasteiger partial charge in [-0.2, -0.15) is 0 Å². The summed E-state index contributed by atoms with van der Waals surface area (Å²) in [4.78, 5) is 86.0. The van der Waals surface area contributed by atoms with Crippen molar-refractivity contribution < 1.29 is 28.8 Å². The summed E-state index contributed by atoms with van der Waals surface area (Å²) in [7, 11) is 0. The summed E-state index contributed by atoms with van der Waals surface area (Å²) in [6.07, 6.45) is 3.20. The molecule has 2 aromatic carbocycles. The van der Waals surface area contributed by atoms with Crippen molar-refractivity contribution in [1.29, 1.82) is 0 Å². The lowest BCUT2D eigenvalue weighted by atomic mass is 10.00. The van der Waals surface area contributed by atoms with Gasteiger partial charge in [0, 0.05) is 65.4 Å². The Labute approximate surface area is 335 Å². The number of carbonyl (C=O) groups is 6. The first-order valence-electron chi connectivity index (χ1n) is 18.4. The third-order valence-electron chi connectivity index (χ3n) is 10.5. The SMILES string of the molecule is Cc1sc2c(c1C)C(c1ccc(Cl)cc1)=N[C@@H](/C=C/C(=O)NN1CCN(C(=O)CNc3cccc4c3C(=O)N(C3CCC(=O)NC3=O)C4=O)CC1)c1nnc(C)n1-2. The lowest BCUT2D eigenvalue weighted by Crippen LogP contribution is -2.55. The van der Waals surface area contributed by atoms with Crippen molar-refractivity contribution in [3.63, 3.8) is 0 Å². The number of nitrogens with zero attached hydrogens (tertiary/aromatic N) is 7. The zero-order valence-electron chi connectivity index (χ0n) is 31.2. The molecule has 0 spiro atoms. The van der Waals surface area contributed by atoms with E-state index in [1.165, 1.54) is 12.1 Å². The maximum absolute atomic E-state index is 13.4. The van der Waals surface area contributed by atoms with Crippen molar-refractivity contribution in [3.05, 3.63) is 104 Å². The van der Waals surface area contributed by atoms with Crippen LogP contribution in [-0.4, -0.2) is 109 Å². The van der Waals surface area contributed by atoms with Crippen LogP contribution in [0.15, 0.2) is 59.6 Å². The molecule has 3 N–H and O–H groups in total. The molecule has 0 radical (unpaired) electrons.